The van der Waals surface area contributed by atoms with Crippen molar-refractivity contribution in [3.63, 3.8) is 0 Å². The van der Waals surface area contributed by atoms with Gasteiger partial charge in [-0.15, -0.1) is 0 Å². The van der Waals surface area contributed by atoms with E-state index in [0.29, 0.717) is 21.9 Å². The molecule has 102 valence electrons. The molecular weight excluding hydrogens is 298 g/mol. The van der Waals surface area contributed by atoms with Crippen LogP contribution in [-0.2, 0) is 9.84 Å². The highest BCUT2D eigenvalue weighted by molar-refractivity contribution is 7.95. The number of hydrogen-bond donors (Lipinski definition) is 0. The number of sulfone groups is 1. The lowest BCUT2D eigenvalue weighted by Crippen LogP contribution is -1.99. The van der Waals surface area contributed by atoms with Gasteiger partial charge in [0.05, 0.1) is 11.1 Å². The summed E-state index contributed by atoms with van der Waals surface area (Å²) in [5.41, 5.74) is 1.19. The molecule has 0 saturated carbocycles. The Hall–Kier alpha value is -1.85. The maximum atomic E-state index is 12.0. The minimum atomic E-state index is -3.39. The SMILES string of the molecule is O=S1(=O)C=C(COc2cccnc2)c2cc(Cl)ccc21. The third kappa shape index (κ3) is 2.42. The van der Waals surface area contributed by atoms with Crippen LogP contribution >= 0.6 is 11.6 Å². The number of benzene rings is 1. The maximum Gasteiger partial charge on any atom is 0.200 e. The summed E-state index contributed by atoms with van der Waals surface area (Å²) < 4.78 is 29.5. The fourth-order valence-electron chi connectivity index (χ4n) is 2.02. The topological polar surface area (TPSA) is 56.3 Å². The first kappa shape index (κ1) is 13.1. The molecule has 0 saturated heterocycles. The fraction of sp³-hybridized carbons (Fsp3) is 0.0714. The number of nitrogens with zero attached hydrogens (tertiary/aromatic N) is 1. The highest BCUT2D eigenvalue weighted by Gasteiger charge is 2.27. The number of hydrogen-bond acceptors (Lipinski definition) is 4. The number of rotatable bonds is 3. The van der Waals surface area contributed by atoms with E-state index in [9.17, 15) is 8.42 Å². The molecule has 0 N–H and O–H groups in total. The molecule has 3 rings (SSSR count). The Balaban J connectivity index is 1.91. The second-order valence-corrected chi connectivity index (χ2v) is 6.51. The van der Waals surface area contributed by atoms with Crippen molar-refractivity contribution in [2.45, 2.75) is 4.90 Å². The van der Waals surface area contributed by atoms with Crippen molar-refractivity contribution in [2.24, 2.45) is 0 Å². The molecule has 0 radical (unpaired) electrons. The Kier molecular flexibility index (Phi) is 3.23. The van der Waals surface area contributed by atoms with Crippen molar-refractivity contribution in [2.75, 3.05) is 6.61 Å². The van der Waals surface area contributed by atoms with Crippen LogP contribution in [0.25, 0.3) is 5.57 Å². The third-order valence-corrected chi connectivity index (χ3v) is 4.72. The predicted molar refractivity (Wildman–Crippen MR) is 76.3 cm³/mol. The summed E-state index contributed by atoms with van der Waals surface area (Å²) in [5.74, 6) is 0.585. The van der Waals surface area contributed by atoms with Crippen LogP contribution in [0.15, 0.2) is 53.0 Å². The molecule has 1 aromatic carbocycles. The summed E-state index contributed by atoms with van der Waals surface area (Å²) in [5, 5.41) is 1.72. The molecule has 0 atom stereocenters. The zero-order chi connectivity index (χ0) is 14.2. The van der Waals surface area contributed by atoms with E-state index >= 15 is 0 Å². The van der Waals surface area contributed by atoms with E-state index < -0.39 is 9.84 Å². The molecule has 1 aliphatic rings. The highest BCUT2D eigenvalue weighted by atomic mass is 35.5. The van der Waals surface area contributed by atoms with Crippen molar-refractivity contribution < 1.29 is 13.2 Å². The van der Waals surface area contributed by atoms with E-state index in [1.165, 1.54) is 11.5 Å². The Labute approximate surface area is 121 Å². The smallest absolute Gasteiger partial charge is 0.200 e. The number of halogens is 1. The van der Waals surface area contributed by atoms with Gasteiger partial charge in [0.25, 0.3) is 0 Å². The van der Waals surface area contributed by atoms with E-state index in [4.69, 9.17) is 16.3 Å². The van der Waals surface area contributed by atoms with Gasteiger partial charge in [0.2, 0.25) is 9.84 Å². The molecule has 1 aromatic heterocycles. The van der Waals surface area contributed by atoms with Crippen molar-refractivity contribution in [1.29, 1.82) is 0 Å². The van der Waals surface area contributed by atoms with Crippen molar-refractivity contribution in [3.8, 4) is 5.75 Å². The maximum absolute atomic E-state index is 12.0. The monoisotopic (exact) mass is 307 g/mol. The van der Waals surface area contributed by atoms with Crippen LogP contribution in [-0.4, -0.2) is 20.0 Å². The van der Waals surface area contributed by atoms with Gasteiger partial charge in [0, 0.05) is 27.8 Å². The van der Waals surface area contributed by atoms with Gasteiger partial charge in [-0.2, -0.15) is 0 Å². The van der Waals surface area contributed by atoms with Crippen molar-refractivity contribution >= 4 is 27.0 Å². The lowest BCUT2D eigenvalue weighted by molar-refractivity contribution is 0.368. The molecule has 6 heteroatoms. The van der Waals surface area contributed by atoms with Gasteiger partial charge >= 0.3 is 0 Å². The van der Waals surface area contributed by atoms with Gasteiger partial charge in [0.1, 0.15) is 12.4 Å². The second kappa shape index (κ2) is 4.92. The molecule has 0 amide bonds. The molecule has 20 heavy (non-hydrogen) atoms. The molecule has 0 aliphatic carbocycles. The number of ether oxygens (including phenoxy) is 1. The van der Waals surface area contributed by atoms with Crippen LogP contribution in [0.3, 0.4) is 0 Å². The van der Waals surface area contributed by atoms with Crippen LogP contribution < -0.4 is 4.74 Å². The van der Waals surface area contributed by atoms with E-state index in [0.717, 1.165) is 0 Å². The average molecular weight is 308 g/mol. The summed E-state index contributed by atoms with van der Waals surface area (Å²) in [6.07, 6.45) is 3.21. The summed E-state index contributed by atoms with van der Waals surface area (Å²) in [6.45, 7) is 0.151. The zero-order valence-electron chi connectivity index (χ0n) is 10.3. The summed E-state index contributed by atoms with van der Waals surface area (Å²) in [6, 6.07) is 8.23. The van der Waals surface area contributed by atoms with Crippen molar-refractivity contribution in [1.82, 2.24) is 4.98 Å². The molecule has 4 nitrogen and oxygen atoms in total. The third-order valence-electron chi connectivity index (χ3n) is 2.92. The molecule has 1 aliphatic heterocycles. The van der Waals surface area contributed by atoms with Gasteiger partial charge in [-0.25, -0.2) is 8.42 Å². The molecule has 0 bridgehead atoms. The van der Waals surface area contributed by atoms with Crippen LogP contribution in [0.1, 0.15) is 5.56 Å². The second-order valence-electron chi connectivity index (χ2n) is 4.31. The quantitative estimate of drug-likeness (QED) is 0.875. The minimum absolute atomic E-state index is 0.151. The molecule has 0 spiro atoms. The molecule has 2 aromatic rings. The number of aromatic nitrogens is 1. The minimum Gasteiger partial charge on any atom is -0.487 e. The lowest BCUT2D eigenvalue weighted by Gasteiger charge is -2.07. The normalized spacial score (nSPS) is 15.6. The Bertz CT molecular complexity index is 785. The van der Waals surface area contributed by atoms with Gasteiger partial charge in [-0.3, -0.25) is 4.98 Å². The molecule has 2 heterocycles. The predicted octanol–water partition coefficient (Wildman–Crippen LogP) is 2.94. The fourth-order valence-corrected chi connectivity index (χ4v) is 3.64. The van der Waals surface area contributed by atoms with E-state index in [1.54, 1.807) is 36.7 Å². The van der Waals surface area contributed by atoms with Crippen LogP contribution in [0.2, 0.25) is 5.02 Å². The van der Waals surface area contributed by atoms with Crippen molar-refractivity contribution in [3.05, 3.63) is 58.7 Å². The Morgan fingerprint density at radius 3 is 2.85 bits per heavy atom. The van der Waals surface area contributed by atoms with E-state index in [-0.39, 0.29) is 11.5 Å². The van der Waals surface area contributed by atoms with Gasteiger partial charge in [0.15, 0.2) is 0 Å². The zero-order valence-corrected chi connectivity index (χ0v) is 11.9. The number of fused-ring (bicyclic) bond motifs is 1. The standard InChI is InChI=1S/C14H10ClNO3S/c15-11-3-4-14-13(6-11)10(9-20(14,17)18)8-19-12-2-1-5-16-7-12/h1-7,9H,8H2. The number of pyridine rings is 1. The largest absolute Gasteiger partial charge is 0.487 e. The average Bonchev–Trinajstić information content (AvgIpc) is 2.68. The first-order chi connectivity index (χ1) is 9.56. The highest BCUT2D eigenvalue weighted by Crippen LogP contribution is 2.35. The van der Waals surface area contributed by atoms with Gasteiger partial charge < -0.3 is 4.74 Å². The molecular formula is C14H10ClNO3S. The summed E-state index contributed by atoms with van der Waals surface area (Å²) >= 11 is 5.93. The Morgan fingerprint density at radius 1 is 1.25 bits per heavy atom. The van der Waals surface area contributed by atoms with E-state index in [1.807, 2.05) is 0 Å². The van der Waals surface area contributed by atoms with Gasteiger partial charge in [-0.1, -0.05) is 11.6 Å². The first-order valence-electron chi connectivity index (χ1n) is 5.85. The Morgan fingerprint density at radius 2 is 2.10 bits per heavy atom. The van der Waals surface area contributed by atoms with Crippen LogP contribution in [0, 0.1) is 0 Å². The van der Waals surface area contributed by atoms with Crippen LogP contribution in [0.4, 0.5) is 0 Å². The summed E-state index contributed by atoms with van der Waals surface area (Å²) in [4.78, 5) is 4.20. The van der Waals surface area contributed by atoms with Gasteiger partial charge in [-0.05, 0) is 30.3 Å². The molecule has 0 unspecified atom stereocenters. The molecule has 0 fully saturated rings. The lowest BCUT2D eigenvalue weighted by atomic mass is 10.1. The van der Waals surface area contributed by atoms with Crippen LogP contribution in [0.5, 0.6) is 5.75 Å². The summed E-state index contributed by atoms with van der Waals surface area (Å²) in [7, 11) is -3.39. The first-order valence-corrected chi connectivity index (χ1v) is 7.77. The van der Waals surface area contributed by atoms with E-state index in [2.05, 4.69) is 4.98 Å².